The maximum atomic E-state index is 14.8. The van der Waals surface area contributed by atoms with Crippen molar-refractivity contribution in [3.8, 4) is 40.1 Å². The molecule has 4 rings (SSSR count). The summed E-state index contributed by atoms with van der Waals surface area (Å²) >= 11 is 0. The molecule has 6 N–H and O–H groups in total. The summed E-state index contributed by atoms with van der Waals surface area (Å²) in [4.78, 5) is 30.1. The van der Waals surface area contributed by atoms with Crippen LogP contribution in [-0.2, 0) is 9.59 Å². The van der Waals surface area contributed by atoms with Crippen molar-refractivity contribution in [1.82, 2.24) is 10.5 Å². The first-order valence-electron chi connectivity index (χ1n) is 14.5. The highest BCUT2D eigenvalue weighted by Gasteiger charge is 2.25. The molecule has 0 atom stereocenters. The van der Waals surface area contributed by atoms with Gasteiger partial charge in [-0.2, -0.15) is 10.5 Å². The second-order valence-electron chi connectivity index (χ2n) is 10.7. The molecule has 0 spiro atoms. The lowest BCUT2D eigenvalue weighted by atomic mass is 9.91. The number of nitriles is 2. The number of aromatic nitrogens is 1. The van der Waals surface area contributed by atoms with E-state index >= 15 is 0 Å². The number of amides is 2. The number of carbonyl (C=O) groups is 2. The minimum Gasteiger partial charge on any atom is -0.506 e. The van der Waals surface area contributed by atoms with Crippen molar-refractivity contribution in [2.24, 2.45) is 5.73 Å². The Hall–Kier alpha value is -4.75. The molecule has 1 aliphatic heterocycles. The number of nitrogens with one attached hydrogen (secondary N) is 2. The molecule has 2 heterocycles. The Bertz CT molecular complexity index is 1610. The van der Waals surface area contributed by atoms with Crippen molar-refractivity contribution >= 4 is 35.7 Å². The van der Waals surface area contributed by atoms with E-state index in [-0.39, 0.29) is 59.8 Å². The number of piperidine rings is 1. The van der Waals surface area contributed by atoms with Crippen LogP contribution in [0.4, 0.5) is 15.9 Å². The zero-order valence-electron chi connectivity index (χ0n) is 24.6. The smallest absolute Gasteiger partial charge is 0.243 e. The predicted molar refractivity (Wildman–Crippen MR) is 169 cm³/mol. The number of aromatic hydroxyl groups is 1. The number of phenols is 1. The van der Waals surface area contributed by atoms with Crippen LogP contribution in [0.5, 0.6) is 5.75 Å². The average Bonchev–Trinajstić information content (AvgIpc) is 3.03. The summed E-state index contributed by atoms with van der Waals surface area (Å²) in [6.07, 6.45) is 6.13. The van der Waals surface area contributed by atoms with Crippen molar-refractivity contribution in [3.05, 3.63) is 59.5 Å². The van der Waals surface area contributed by atoms with E-state index in [2.05, 4.69) is 16.4 Å². The molecule has 0 saturated carbocycles. The van der Waals surface area contributed by atoms with E-state index in [1.807, 2.05) is 11.0 Å². The van der Waals surface area contributed by atoms with E-state index in [4.69, 9.17) is 10.9 Å². The lowest BCUT2D eigenvalue weighted by Crippen LogP contribution is -2.40. The summed E-state index contributed by atoms with van der Waals surface area (Å²) in [5.41, 5.74) is 9.71. The zero-order valence-corrected chi connectivity index (χ0v) is 25.4. The molecule has 2 amide bonds. The van der Waals surface area contributed by atoms with Crippen molar-refractivity contribution in [2.45, 2.75) is 57.4 Å². The van der Waals surface area contributed by atoms with Gasteiger partial charge in [0.2, 0.25) is 11.8 Å². The first-order valence-corrected chi connectivity index (χ1v) is 14.5. The fourth-order valence-electron chi connectivity index (χ4n) is 5.24. The Labute approximate surface area is 266 Å². The van der Waals surface area contributed by atoms with Crippen molar-refractivity contribution in [2.75, 3.05) is 23.3 Å². The van der Waals surface area contributed by atoms with Gasteiger partial charge < -0.3 is 21.1 Å². The van der Waals surface area contributed by atoms with Crippen LogP contribution >= 0.6 is 12.4 Å². The SMILES string of the molecule is Cl.N#Cc1ccc(-c2c(-c3ccc(NC(=O)CCCCCCC(=O)NO)c(O)c3)cnc(N3CCC(N)CC3)c2C#N)cc1F. The van der Waals surface area contributed by atoms with E-state index in [0.717, 1.165) is 25.7 Å². The highest BCUT2D eigenvalue weighted by molar-refractivity contribution is 5.94. The highest BCUT2D eigenvalue weighted by Crippen LogP contribution is 2.41. The molecule has 0 radical (unpaired) electrons. The number of hydroxylamine groups is 1. The molecule has 236 valence electrons. The Balaban J connectivity index is 0.00000552. The molecular weight excluding hydrogens is 601 g/mol. The number of hydrogen-bond acceptors (Lipinski definition) is 9. The monoisotopic (exact) mass is 635 g/mol. The number of halogens is 2. The van der Waals surface area contributed by atoms with Gasteiger partial charge in [0, 0.05) is 49.3 Å². The normalized spacial score (nSPS) is 12.9. The van der Waals surface area contributed by atoms with Crippen LogP contribution in [0.2, 0.25) is 0 Å². The first-order chi connectivity index (χ1) is 21.2. The minimum absolute atomic E-state index is 0. The molecule has 0 aliphatic carbocycles. The number of anilines is 2. The van der Waals surface area contributed by atoms with Crippen LogP contribution in [0.1, 0.15) is 62.5 Å². The summed E-state index contributed by atoms with van der Waals surface area (Å²) in [6, 6.07) is 12.9. The van der Waals surface area contributed by atoms with Gasteiger partial charge in [0.15, 0.2) is 0 Å². The lowest BCUT2D eigenvalue weighted by molar-refractivity contribution is -0.129. The number of nitrogens with zero attached hydrogens (tertiary/aromatic N) is 4. The number of carbonyl (C=O) groups excluding carboxylic acids is 2. The quantitative estimate of drug-likeness (QED) is 0.0822. The van der Waals surface area contributed by atoms with E-state index < -0.39 is 11.7 Å². The number of hydrogen-bond donors (Lipinski definition) is 5. The summed E-state index contributed by atoms with van der Waals surface area (Å²) in [5.74, 6) is -1.20. The van der Waals surface area contributed by atoms with Gasteiger partial charge in [0.05, 0.1) is 11.3 Å². The first kappa shape index (κ1) is 34.7. The second kappa shape index (κ2) is 16.4. The molecule has 11 nitrogen and oxygen atoms in total. The standard InChI is InChI=1S/C32H34FN7O4.ClH/c33-26-15-21(7-8-22(26)17-34)31-24(18-35)32(40-13-11-23(36)12-14-40)37-19-25(31)20-9-10-27(28(41)16-20)38-29(42)5-3-1-2-4-6-30(43)39-44;/h7-10,15-16,19,23,41,44H,1-6,11-14,36H2,(H,38,42)(H,39,43);1H. The maximum Gasteiger partial charge on any atom is 0.243 e. The molecule has 3 aromatic rings. The number of nitrogens with two attached hydrogens (primary N) is 1. The van der Waals surface area contributed by atoms with Gasteiger partial charge in [0.1, 0.15) is 35.1 Å². The van der Waals surface area contributed by atoms with E-state index in [9.17, 15) is 29.6 Å². The Morgan fingerprint density at radius 2 is 1.67 bits per heavy atom. The topological polar surface area (TPSA) is 188 Å². The minimum atomic E-state index is -0.723. The van der Waals surface area contributed by atoms with E-state index in [0.29, 0.717) is 54.0 Å². The molecule has 0 bridgehead atoms. The summed E-state index contributed by atoms with van der Waals surface area (Å²) in [6.45, 7) is 1.22. The molecule has 2 aromatic carbocycles. The number of rotatable bonds is 11. The fraction of sp³-hybridized carbons (Fsp3) is 0.344. The van der Waals surface area contributed by atoms with Crippen LogP contribution in [-0.4, -0.2) is 46.2 Å². The molecule has 0 unspecified atom stereocenters. The van der Waals surface area contributed by atoms with Crippen molar-refractivity contribution in [3.63, 3.8) is 0 Å². The van der Waals surface area contributed by atoms with Crippen LogP contribution in [0.3, 0.4) is 0 Å². The molecule has 1 saturated heterocycles. The van der Waals surface area contributed by atoms with Crippen molar-refractivity contribution in [1.29, 1.82) is 10.5 Å². The Morgan fingerprint density at radius 1 is 1.00 bits per heavy atom. The lowest BCUT2D eigenvalue weighted by Gasteiger charge is -2.32. The van der Waals surface area contributed by atoms with Gasteiger partial charge in [-0.05, 0) is 61.1 Å². The largest absolute Gasteiger partial charge is 0.506 e. The average molecular weight is 636 g/mol. The van der Waals surface area contributed by atoms with Crippen LogP contribution in [0.15, 0.2) is 42.6 Å². The highest BCUT2D eigenvalue weighted by atomic mass is 35.5. The van der Waals surface area contributed by atoms with E-state index in [1.54, 1.807) is 29.9 Å². The van der Waals surface area contributed by atoms with Gasteiger partial charge in [0.25, 0.3) is 0 Å². The number of phenolic OH excluding ortho intramolecular Hbond substituents is 1. The molecule has 45 heavy (non-hydrogen) atoms. The van der Waals surface area contributed by atoms with Gasteiger partial charge >= 0.3 is 0 Å². The van der Waals surface area contributed by atoms with Crippen molar-refractivity contribution < 1.29 is 24.3 Å². The Morgan fingerprint density at radius 3 is 2.27 bits per heavy atom. The molecular formula is C32H35ClFN7O4. The molecule has 13 heteroatoms. The number of pyridine rings is 1. The van der Waals surface area contributed by atoms with Crippen LogP contribution < -0.4 is 21.4 Å². The van der Waals surface area contributed by atoms with Gasteiger partial charge in [-0.3, -0.25) is 14.8 Å². The predicted octanol–water partition coefficient (Wildman–Crippen LogP) is 5.14. The third-order valence-electron chi connectivity index (χ3n) is 7.65. The van der Waals surface area contributed by atoms with Gasteiger partial charge in [-0.25, -0.2) is 14.9 Å². The summed E-state index contributed by atoms with van der Waals surface area (Å²) in [5, 5.41) is 41.6. The summed E-state index contributed by atoms with van der Waals surface area (Å²) in [7, 11) is 0. The van der Waals surface area contributed by atoms with Crippen LogP contribution in [0, 0.1) is 28.5 Å². The maximum absolute atomic E-state index is 14.8. The van der Waals surface area contributed by atoms with E-state index in [1.165, 1.54) is 18.2 Å². The number of unbranched alkanes of at least 4 members (excludes halogenated alkanes) is 3. The van der Waals surface area contributed by atoms with Gasteiger partial charge in [-0.15, -0.1) is 12.4 Å². The third-order valence-corrected chi connectivity index (χ3v) is 7.65. The molecule has 1 aromatic heterocycles. The zero-order chi connectivity index (χ0) is 31.6. The summed E-state index contributed by atoms with van der Waals surface area (Å²) < 4.78 is 14.8. The fourth-order valence-corrected chi connectivity index (χ4v) is 5.24. The Kier molecular flexibility index (Phi) is 12.6. The van der Waals surface area contributed by atoms with Gasteiger partial charge in [-0.1, -0.05) is 25.0 Å². The number of benzene rings is 2. The molecule has 1 fully saturated rings. The third kappa shape index (κ3) is 8.67. The molecule has 1 aliphatic rings. The van der Waals surface area contributed by atoms with Crippen LogP contribution in [0.25, 0.3) is 22.3 Å². The second-order valence-corrected chi connectivity index (χ2v) is 10.7.